The lowest BCUT2D eigenvalue weighted by Crippen LogP contribution is -2.07. The Bertz CT molecular complexity index is 1620. The molecule has 0 bridgehead atoms. The van der Waals surface area contributed by atoms with Gasteiger partial charge in [-0.15, -0.1) is 0 Å². The molecule has 0 spiro atoms. The first-order chi connectivity index (χ1) is 20.2. The van der Waals surface area contributed by atoms with Gasteiger partial charge >= 0.3 is 11.6 Å². The van der Waals surface area contributed by atoms with Crippen LogP contribution in [0.3, 0.4) is 0 Å². The van der Waals surface area contributed by atoms with Gasteiger partial charge in [0.2, 0.25) is 11.5 Å². The topological polar surface area (TPSA) is 162 Å². The van der Waals surface area contributed by atoms with Crippen LogP contribution in [0.4, 0.5) is 20.4 Å². The predicted molar refractivity (Wildman–Crippen MR) is 156 cm³/mol. The van der Waals surface area contributed by atoms with E-state index in [1.165, 1.54) is 55.7 Å². The van der Waals surface area contributed by atoms with Crippen molar-refractivity contribution in [2.24, 2.45) is 0 Å². The number of aromatic hydroxyl groups is 1. The standard InChI is InChI=1S/C13H9Cl2FN2O3.C8H7Cl2FO.C5H4N2O3/c1-7(11-8(14)4-5-9(16)12(11)15)21-10-3-2-6-17-13(10)18(19)20;1-4(12)7-5(9)2-3-6(11)8(7)10;8-4-2-1-3-6-5(4)7(9)10/h2-7H,1H3;2-4,12H,1H3;1-3,8H. The Morgan fingerprint density at radius 2 is 1.26 bits per heavy atom. The van der Waals surface area contributed by atoms with Gasteiger partial charge in [0.05, 0.1) is 16.1 Å². The van der Waals surface area contributed by atoms with Gasteiger partial charge in [-0.3, -0.25) is 0 Å². The smallest absolute Gasteiger partial charge is 0.406 e. The van der Waals surface area contributed by atoms with Gasteiger partial charge < -0.3 is 35.2 Å². The molecule has 0 aliphatic carbocycles. The maximum atomic E-state index is 13.5. The summed E-state index contributed by atoms with van der Waals surface area (Å²) in [4.78, 5) is 26.4. The van der Waals surface area contributed by atoms with E-state index in [2.05, 4.69) is 9.97 Å². The Kier molecular flexibility index (Phi) is 13.2. The van der Waals surface area contributed by atoms with E-state index in [1.807, 2.05) is 0 Å². The van der Waals surface area contributed by atoms with Crippen molar-refractivity contribution in [3.8, 4) is 11.5 Å². The predicted octanol–water partition coefficient (Wildman–Crippen LogP) is 8.46. The molecule has 2 atom stereocenters. The number of hydrogen-bond donors (Lipinski definition) is 2. The molecule has 2 unspecified atom stereocenters. The van der Waals surface area contributed by atoms with Crippen LogP contribution in [0.25, 0.3) is 0 Å². The molecule has 11 nitrogen and oxygen atoms in total. The Balaban J connectivity index is 0.000000248. The fourth-order valence-corrected chi connectivity index (χ4v) is 4.60. The SMILES string of the molecule is CC(O)c1c(Cl)ccc(F)c1Cl.CC(Oc1cccnc1[N+](=O)[O-])c1c(Cl)ccc(F)c1Cl.O=[N+]([O-])c1ncccc1O. The maximum Gasteiger partial charge on any atom is 0.406 e. The highest BCUT2D eigenvalue weighted by atomic mass is 35.5. The van der Waals surface area contributed by atoms with Crippen molar-refractivity contribution in [2.75, 3.05) is 0 Å². The Morgan fingerprint density at radius 1 is 0.791 bits per heavy atom. The van der Waals surface area contributed by atoms with Gasteiger partial charge in [-0.2, -0.15) is 0 Å². The van der Waals surface area contributed by atoms with Crippen molar-refractivity contribution in [1.29, 1.82) is 0 Å². The second-order valence-electron chi connectivity index (χ2n) is 8.14. The lowest BCUT2D eigenvalue weighted by Gasteiger charge is -2.17. The van der Waals surface area contributed by atoms with E-state index in [4.69, 9.17) is 56.2 Å². The zero-order chi connectivity index (χ0) is 32.4. The fraction of sp³-hybridized carbons (Fsp3) is 0.154. The van der Waals surface area contributed by atoms with Crippen LogP contribution >= 0.6 is 46.4 Å². The van der Waals surface area contributed by atoms with Crippen LogP contribution in [0.5, 0.6) is 11.5 Å². The van der Waals surface area contributed by atoms with E-state index in [-0.39, 0.29) is 37.0 Å². The molecule has 228 valence electrons. The summed E-state index contributed by atoms with van der Waals surface area (Å²) < 4.78 is 31.8. The first kappa shape index (κ1) is 35.3. The number of nitrogens with zero attached hydrogens (tertiary/aromatic N) is 4. The molecule has 0 saturated carbocycles. The molecule has 43 heavy (non-hydrogen) atoms. The summed E-state index contributed by atoms with van der Waals surface area (Å²) in [7, 11) is 0. The van der Waals surface area contributed by atoms with E-state index in [1.54, 1.807) is 6.92 Å². The van der Waals surface area contributed by atoms with Crippen molar-refractivity contribution >= 4 is 58.0 Å². The highest BCUT2D eigenvalue weighted by Gasteiger charge is 2.23. The molecule has 0 radical (unpaired) electrons. The second-order valence-corrected chi connectivity index (χ2v) is 9.71. The minimum atomic E-state index is -0.860. The number of benzene rings is 2. The molecule has 4 rings (SSSR count). The number of nitro groups is 2. The number of hydrogen-bond acceptors (Lipinski definition) is 9. The Hall–Kier alpha value is -3.88. The third-order valence-electron chi connectivity index (χ3n) is 5.15. The number of halogens is 6. The molecule has 2 N–H and O–H groups in total. The first-order valence-corrected chi connectivity index (χ1v) is 13.2. The molecule has 0 aliphatic heterocycles. The third kappa shape index (κ3) is 9.56. The van der Waals surface area contributed by atoms with E-state index >= 15 is 0 Å². The van der Waals surface area contributed by atoms with Crippen LogP contribution in [-0.2, 0) is 0 Å². The highest BCUT2D eigenvalue weighted by molar-refractivity contribution is 6.36. The van der Waals surface area contributed by atoms with Crippen LogP contribution in [-0.4, -0.2) is 30.0 Å². The molecule has 2 aromatic carbocycles. The molecule has 4 aromatic rings. The van der Waals surface area contributed by atoms with Crippen LogP contribution in [0, 0.1) is 31.9 Å². The van der Waals surface area contributed by atoms with Crippen LogP contribution in [0.15, 0.2) is 60.9 Å². The number of rotatable bonds is 6. The van der Waals surface area contributed by atoms with E-state index < -0.39 is 51.1 Å². The second kappa shape index (κ2) is 16.1. The average molecular weight is 680 g/mol. The van der Waals surface area contributed by atoms with Crippen molar-refractivity contribution in [1.82, 2.24) is 9.97 Å². The Morgan fingerprint density at radius 3 is 1.70 bits per heavy atom. The van der Waals surface area contributed by atoms with E-state index in [0.717, 1.165) is 12.1 Å². The summed E-state index contributed by atoms with van der Waals surface area (Å²) in [5.74, 6) is -2.63. The van der Waals surface area contributed by atoms with Crippen molar-refractivity contribution < 1.29 is 33.6 Å². The maximum absolute atomic E-state index is 13.5. The van der Waals surface area contributed by atoms with Gasteiger partial charge in [0.1, 0.15) is 30.1 Å². The normalized spacial score (nSPS) is 11.7. The minimum absolute atomic E-state index is 0.0496. The van der Waals surface area contributed by atoms with Crippen LogP contribution in [0.1, 0.15) is 37.2 Å². The number of pyridine rings is 2. The molecule has 0 aliphatic rings. The van der Waals surface area contributed by atoms with Gasteiger partial charge in [0.15, 0.2) is 0 Å². The third-order valence-corrected chi connectivity index (χ3v) is 6.58. The van der Waals surface area contributed by atoms with Gasteiger partial charge in [-0.25, -0.2) is 8.78 Å². The summed E-state index contributed by atoms with van der Waals surface area (Å²) >= 11 is 23.1. The van der Waals surface area contributed by atoms with Gasteiger partial charge in [0, 0.05) is 21.2 Å². The minimum Gasteiger partial charge on any atom is -0.501 e. The molecular formula is C26H20Cl4F2N4O7. The lowest BCUT2D eigenvalue weighted by atomic mass is 10.1. The number of aromatic nitrogens is 2. The van der Waals surface area contributed by atoms with Gasteiger partial charge in [-0.1, -0.05) is 46.4 Å². The monoisotopic (exact) mass is 678 g/mol. The number of aliphatic hydroxyl groups excluding tert-OH is 1. The number of ether oxygens (including phenoxy) is 1. The van der Waals surface area contributed by atoms with Crippen LogP contribution in [0.2, 0.25) is 20.1 Å². The average Bonchev–Trinajstić information content (AvgIpc) is 2.94. The Labute approximate surface area is 262 Å². The van der Waals surface area contributed by atoms with E-state index in [0.29, 0.717) is 0 Å². The molecule has 2 heterocycles. The zero-order valence-electron chi connectivity index (χ0n) is 21.9. The summed E-state index contributed by atoms with van der Waals surface area (Å²) in [6.45, 7) is 3.04. The summed E-state index contributed by atoms with van der Waals surface area (Å²) in [6, 6.07) is 10.5. The summed E-state index contributed by atoms with van der Waals surface area (Å²) in [5, 5.41) is 39.0. The van der Waals surface area contributed by atoms with Crippen molar-refractivity contribution in [2.45, 2.75) is 26.1 Å². The quantitative estimate of drug-likeness (QED) is 0.116. The van der Waals surface area contributed by atoms with Gasteiger partial charge in [-0.05, 0) is 82.2 Å². The van der Waals surface area contributed by atoms with Crippen LogP contribution < -0.4 is 4.74 Å². The van der Waals surface area contributed by atoms with Gasteiger partial charge in [0.25, 0.3) is 0 Å². The number of aliphatic hydroxyl groups is 1. The molecule has 0 saturated heterocycles. The van der Waals surface area contributed by atoms with E-state index in [9.17, 15) is 34.1 Å². The molecular weight excluding hydrogens is 660 g/mol. The molecule has 0 amide bonds. The molecule has 0 fully saturated rings. The zero-order valence-corrected chi connectivity index (χ0v) is 24.9. The first-order valence-electron chi connectivity index (χ1n) is 11.7. The fourth-order valence-electron chi connectivity index (χ4n) is 3.23. The molecule has 2 aromatic heterocycles. The largest absolute Gasteiger partial charge is 0.501 e. The van der Waals surface area contributed by atoms with Crippen molar-refractivity contribution in [3.05, 3.63) is 124 Å². The lowest BCUT2D eigenvalue weighted by molar-refractivity contribution is -0.390. The summed E-state index contributed by atoms with van der Waals surface area (Å²) in [6.07, 6.45) is 0.875. The highest BCUT2D eigenvalue weighted by Crippen LogP contribution is 2.36. The molecule has 17 heteroatoms. The summed E-state index contributed by atoms with van der Waals surface area (Å²) in [5.41, 5.74) is 0.454. The van der Waals surface area contributed by atoms with Crippen molar-refractivity contribution in [3.63, 3.8) is 0 Å².